The van der Waals surface area contributed by atoms with E-state index >= 15 is 0 Å². The van der Waals surface area contributed by atoms with Crippen molar-refractivity contribution in [1.29, 1.82) is 0 Å². The van der Waals surface area contributed by atoms with Gasteiger partial charge in [-0.25, -0.2) is 0 Å². The van der Waals surface area contributed by atoms with Crippen LogP contribution in [0.1, 0.15) is 24.9 Å². The molecule has 1 aromatic carbocycles. The smallest absolute Gasteiger partial charge is 0.0295 e. The highest BCUT2D eigenvalue weighted by Crippen LogP contribution is 2.22. The third-order valence-corrected chi connectivity index (χ3v) is 4.42. The number of hydrogen-bond donors (Lipinski definition) is 1. The van der Waals surface area contributed by atoms with Crippen molar-refractivity contribution in [2.24, 2.45) is 0 Å². The third-order valence-electron chi connectivity index (χ3n) is 2.76. The molecule has 1 fully saturated rings. The summed E-state index contributed by atoms with van der Waals surface area (Å²) in [7, 11) is 0. The zero-order chi connectivity index (χ0) is 10.7. The Hall–Kier alpha value is 0.01000. The van der Waals surface area contributed by atoms with E-state index in [2.05, 4.69) is 64.2 Å². The van der Waals surface area contributed by atoms with Crippen LogP contribution >= 0.6 is 27.7 Å². The van der Waals surface area contributed by atoms with Crippen LogP contribution < -0.4 is 5.32 Å². The second kappa shape index (κ2) is 5.37. The number of nitrogens with one attached hydrogen (secondary N) is 1. The normalized spacial score (nSPS) is 22.9. The molecule has 15 heavy (non-hydrogen) atoms. The zero-order valence-corrected chi connectivity index (χ0v) is 11.3. The van der Waals surface area contributed by atoms with Crippen molar-refractivity contribution in [1.82, 2.24) is 5.32 Å². The van der Waals surface area contributed by atoms with Crippen molar-refractivity contribution in [3.8, 4) is 0 Å². The fourth-order valence-corrected chi connectivity index (χ4v) is 3.47. The molecule has 1 aliphatic rings. The zero-order valence-electron chi connectivity index (χ0n) is 8.87. The van der Waals surface area contributed by atoms with Crippen LogP contribution in [-0.2, 0) is 0 Å². The summed E-state index contributed by atoms with van der Waals surface area (Å²) in [4.78, 5) is 0. The van der Waals surface area contributed by atoms with E-state index in [1.54, 1.807) is 0 Å². The van der Waals surface area contributed by atoms with E-state index < -0.39 is 0 Å². The van der Waals surface area contributed by atoms with Crippen molar-refractivity contribution in [2.45, 2.75) is 25.4 Å². The van der Waals surface area contributed by atoms with Crippen molar-refractivity contribution in [3.63, 3.8) is 0 Å². The molecule has 0 bridgehead atoms. The van der Waals surface area contributed by atoms with Gasteiger partial charge in [0.2, 0.25) is 0 Å². The van der Waals surface area contributed by atoms with Gasteiger partial charge in [-0.2, -0.15) is 11.8 Å². The maximum Gasteiger partial charge on any atom is 0.0295 e. The summed E-state index contributed by atoms with van der Waals surface area (Å²) >= 11 is 5.56. The summed E-state index contributed by atoms with van der Waals surface area (Å²) in [6, 6.07) is 9.70. The van der Waals surface area contributed by atoms with Crippen LogP contribution in [0.2, 0.25) is 0 Å². The van der Waals surface area contributed by atoms with E-state index in [1.807, 2.05) is 0 Å². The highest BCUT2D eigenvalue weighted by molar-refractivity contribution is 9.10. The standard InChI is InChI=1S/C12H16BrNS/c1-9(14-12-5-6-15-8-12)10-3-2-4-11(13)7-10/h2-4,7,9,12,14H,5-6,8H2,1H3/t9-,12?/m1/s1. The van der Waals surface area contributed by atoms with Crippen molar-refractivity contribution in [3.05, 3.63) is 34.3 Å². The minimum absolute atomic E-state index is 0.450. The van der Waals surface area contributed by atoms with Gasteiger partial charge in [-0.15, -0.1) is 0 Å². The summed E-state index contributed by atoms with van der Waals surface area (Å²) in [5.41, 5.74) is 1.36. The monoisotopic (exact) mass is 285 g/mol. The molecule has 0 spiro atoms. The van der Waals surface area contributed by atoms with Crippen LogP contribution in [0.4, 0.5) is 0 Å². The van der Waals surface area contributed by atoms with Gasteiger partial charge < -0.3 is 5.32 Å². The molecule has 1 aromatic rings. The molecule has 1 N–H and O–H groups in total. The molecule has 0 amide bonds. The Morgan fingerprint density at radius 1 is 1.53 bits per heavy atom. The van der Waals surface area contributed by atoms with Gasteiger partial charge in [-0.1, -0.05) is 28.1 Å². The molecule has 82 valence electrons. The van der Waals surface area contributed by atoms with Gasteiger partial charge in [0.05, 0.1) is 0 Å². The molecule has 1 saturated heterocycles. The number of hydrogen-bond acceptors (Lipinski definition) is 2. The molecule has 0 aromatic heterocycles. The number of thioether (sulfide) groups is 1. The molecular weight excluding hydrogens is 270 g/mol. The molecule has 1 aliphatic heterocycles. The molecule has 3 heteroatoms. The molecular formula is C12H16BrNS. The quantitative estimate of drug-likeness (QED) is 0.911. The van der Waals surface area contributed by atoms with E-state index in [9.17, 15) is 0 Å². The molecule has 0 radical (unpaired) electrons. The summed E-state index contributed by atoms with van der Waals surface area (Å²) < 4.78 is 1.16. The Kier molecular flexibility index (Phi) is 4.12. The van der Waals surface area contributed by atoms with Crippen LogP contribution in [0.5, 0.6) is 0 Å². The van der Waals surface area contributed by atoms with Crippen LogP contribution in [0.25, 0.3) is 0 Å². The predicted molar refractivity (Wildman–Crippen MR) is 71.4 cm³/mol. The van der Waals surface area contributed by atoms with Gasteiger partial charge in [0, 0.05) is 22.3 Å². The maximum atomic E-state index is 3.68. The SMILES string of the molecule is C[C@@H](NC1CCSC1)c1cccc(Br)c1. The minimum Gasteiger partial charge on any atom is -0.307 e. The van der Waals surface area contributed by atoms with Crippen molar-refractivity contribution in [2.75, 3.05) is 11.5 Å². The lowest BCUT2D eigenvalue weighted by molar-refractivity contribution is 0.486. The van der Waals surface area contributed by atoms with E-state index in [0.717, 1.165) is 4.47 Å². The molecule has 0 saturated carbocycles. The van der Waals surface area contributed by atoms with Gasteiger partial charge in [0.15, 0.2) is 0 Å². The topological polar surface area (TPSA) is 12.0 Å². The van der Waals surface area contributed by atoms with Crippen LogP contribution in [0.3, 0.4) is 0 Å². The first kappa shape index (κ1) is 11.5. The lowest BCUT2D eigenvalue weighted by atomic mass is 10.1. The van der Waals surface area contributed by atoms with E-state index in [0.29, 0.717) is 12.1 Å². The van der Waals surface area contributed by atoms with E-state index in [1.165, 1.54) is 23.5 Å². The van der Waals surface area contributed by atoms with Crippen LogP contribution in [0.15, 0.2) is 28.7 Å². The summed E-state index contributed by atoms with van der Waals surface area (Å²) in [5, 5.41) is 3.68. The molecule has 1 heterocycles. The van der Waals surface area contributed by atoms with E-state index in [-0.39, 0.29) is 0 Å². The Balaban J connectivity index is 1.97. The molecule has 2 atom stereocenters. The maximum absolute atomic E-state index is 3.68. The molecule has 1 unspecified atom stereocenters. The second-order valence-corrected chi connectivity index (χ2v) is 6.07. The number of benzene rings is 1. The lowest BCUT2D eigenvalue weighted by Gasteiger charge is -2.19. The van der Waals surface area contributed by atoms with Gasteiger partial charge in [-0.3, -0.25) is 0 Å². The summed E-state index contributed by atoms with van der Waals surface area (Å²) in [5.74, 6) is 2.57. The Labute approximate surface area is 104 Å². The Bertz CT molecular complexity index is 323. The number of halogens is 1. The van der Waals surface area contributed by atoms with Crippen molar-refractivity contribution >= 4 is 27.7 Å². The second-order valence-electron chi connectivity index (χ2n) is 4.00. The largest absolute Gasteiger partial charge is 0.307 e. The minimum atomic E-state index is 0.450. The van der Waals surface area contributed by atoms with E-state index in [4.69, 9.17) is 0 Å². The molecule has 2 rings (SSSR count). The molecule has 1 nitrogen and oxygen atoms in total. The highest BCUT2D eigenvalue weighted by atomic mass is 79.9. The van der Waals surface area contributed by atoms with Gasteiger partial charge >= 0.3 is 0 Å². The van der Waals surface area contributed by atoms with Gasteiger partial charge in [0.25, 0.3) is 0 Å². The first-order chi connectivity index (χ1) is 7.25. The number of rotatable bonds is 3. The fraction of sp³-hybridized carbons (Fsp3) is 0.500. The highest BCUT2D eigenvalue weighted by Gasteiger charge is 2.17. The molecule has 0 aliphatic carbocycles. The van der Waals surface area contributed by atoms with Gasteiger partial charge in [0.1, 0.15) is 0 Å². The average Bonchev–Trinajstić information content (AvgIpc) is 2.70. The first-order valence-corrected chi connectivity index (χ1v) is 7.30. The Morgan fingerprint density at radius 3 is 3.07 bits per heavy atom. The van der Waals surface area contributed by atoms with Crippen molar-refractivity contribution < 1.29 is 0 Å². The predicted octanol–water partition coefficient (Wildman–Crippen LogP) is 3.61. The average molecular weight is 286 g/mol. The summed E-state index contributed by atoms with van der Waals surface area (Å²) in [6.07, 6.45) is 1.31. The summed E-state index contributed by atoms with van der Waals surface area (Å²) in [6.45, 7) is 2.24. The van der Waals surface area contributed by atoms with Crippen LogP contribution in [-0.4, -0.2) is 17.5 Å². The Morgan fingerprint density at radius 2 is 2.40 bits per heavy atom. The van der Waals surface area contributed by atoms with Gasteiger partial charge in [-0.05, 0) is 36.8 Å². The third kappa shape index (κ3) is 3.23. The fourth-order valence-electron chi connectivity index (χ4n) is 1.89. The lowest BCUT2D eigenvalue weighted by Crippen LogP contribution is -2.31. The first-order valence-electron chi connectivity index (χ1n) is 5.35. The van der Waals surface area contributed by atoms with Crippen LogP contribution in [0, 0.1) is 0 Å².